The van der Waals surface area contributed by atoms with Gasteiger partial charge < -0.3 is 10.2 Å². The van der Waals surface area contributed by atoms with Crippen molar-refractivity contribution in [3.63, 3.8) is 0 Å². The third kappa shape index (κ3) is 16.9. The molecule has 0 saturated carbocycles. The molecular formula is C20H32O5. The molecule has 5 heteroatoms. The van der Waals surface area contributed by atoms with Crippen molar-refractivity contribution in [1.82, 2.24) is 0 Å². The van der Waals surface area contributed by atoms with E-state index in [1.54, 1.807) is 36.5 Å². The number of hydrogen-bond donors (Lipinski definition) is 3. The molecule has 0 amide bonds. The molecule has 0 radical (unpaired) electrons. The fourth-order valence-corrected chi connectivity index (χ4v) is 2.09. The first-order valence-electron chi connectivity index (χ1n) is 8.96. The number of carboxylic acid groups (broad SMARTS) is 1. The number of unbranched alkanes of at least 4 members (excludes halogenated alkanes) is 3. The summed E-state index contributed by atoms with van der Waals surface area (Å²) in [6, 6.07) is 0. The fourth-order valence-electron chi connectivity index (χ4n) is 2.09. The predicted molar refractivity (Wildman–Crippen MR) is 100 cm³/mol. The van der Waals surface area contributed by atoms with Gasteiger partial charge in [0.2, 0.25) is 0 Å². The quantitative estimate of drug-likeness (QED) is 0.131. The number of aliphatic hydroxyl groups excluding tert-OH is 1. The van der Waals surface area contributed by atoms with Crippen LogP contribution in [0.2, 0.25) is 0 Å². The lowest BCUT2D eigenvalue weighted by Gasteiger charge is -2.06. The van der Waals surface area contributed by atoms with Gasteiger partial charge in [0, 0.05) is 6.42 Å². The molecule has 0 aliphatic heterocycles. The normalized spacial score (nSPS) is 15.0. The first kappa shape index (κ1) is 23.3. The molecule has 0 aliphatic carbocycles. The van der Waals surface area contributed by atoms with Crippen LogP contribution in [-0.2, 0) is 9.68 Å². The van der Waals surface area contributed by atoms with E-state index < -0.39 is 18.2 Å². The number of carboxylic acids is 1. The van der Waals surface area contributed by atoms with Crippen LogP contribution >= 0.6 is 0 Å². The van der Waals surface area contributed by atoms with Gasteiger partial charge in [-0.05, 0) is 32.1 Å². The van der Waals surface area contributed by atoms with Gasteiger partial charge in [-0.15, -0.1) is 0 Å². The molecule has 2 atom stereocenters. The van der Waals surface area contributed by atoms with Gasteiger partial charge in [0.05, 0.1) is 6.10 Å². The molecule has 0 bridgehead atoms. The van der Waals surface area contributed by atoms with Crippen LogP contribution in [0.25, 0.3) is 0 Å². The molecule has 142 valence electrons. The van der Waals surface area contributed by atoms with Gasteiger partial charge in [-0.2, -0.15) is 0 Å². The van der Waals surface area contributed by atoms with Crippen LogP contribution in [0.5, 0.6) is 0 Å². The smallest absolute Gasteiger partial charge is 0.303 e. The van der Waals surface area contributed by atoms with Crippen LogP contribution in [0.15, 0.2) is 48.6 Å². The van der Waals surface area contributed by atoms with Crippen LogP contribution in [-0.4, -0.2) is 33.6 Å². The number of aliphatic hydroxyl groups is 1. The zero-order valence-corrected chi connectivity index (χ0v) is 15.1. The molecule has 25 heavy (non-hydrogen) atoms. The monoisotopic (exact) mass is 352 g/mol. The zero-order chi connectivity index (χ0) is 18.8. The summed E-state index contributed by atoms with van der Waals surface area (Å²) in [7, 11) is 0. The summed E-state index contributed by atoms with van der Waals surface area (Å²) in [5, 5.41) is 27.1. The minimum atomic E-state index is -0.861. The minimum Gasteiger partial charge on any atom is -0.481 e. The Balaban J connectivity index is 3.95. The molecule has 3 N–H and O–H groups in total. The van der Waals surface area contributed by atoms with Crippen molar-refractivity contribution in [3.05, 3.63) is 48.6 Å². The molecule has 0 spiro atoms. The van der Waals surface area contributed by atoms with Crippen LogP contribution < -0.4 is 0 Å². The highest BCUT2D eigenvalue weighted by atomic mass is 17.1. The molecule has 0 rings (SSSR count). The predicted octanol–water partition coefficient (Wildman–Crippen LogP) is 4.66. The summed E-state index contributed by atoms with van der Waals surface area (Å²) in [5.74, 6) is -0.861. The summed E-state index contributed by atoms with van der Waals surface area (Å²) >= 11 is 0. The first-order valence-corrected chi connectivity index (χ1v) is 8.96. The maximum atomic E-state index is 10.4. The second kappa shape index (κ2) is 17.1. The van der Waals surface area contributed by atoms with Crippen molar-refractivity contribution >= 4 is 5.97 Å². The number of carbonyl (C=O) groups is 1. The van der Waals surface area contributed by atoms with E-state index in [9.17, 15) is 9.90 Å². The van der Waals surface area contributed by atoms with Crippen molar-refractivity contribution in [2.24, 2.45) is 0 Å². The lowest BCUT2D eigenvalue weighted by molar-refractivity contribution is -0.267. The van der Waals surface area contributed by atoms with Crippen molar-refractivity contribution in [2.45, 2.75) is 70.5 Å². The largest absolute Gasteiger partial charge is 0.481 e. The average molecular weight is 352 g/mol. The number of allylic oxidation sites excluding steroid dienone is 5. The molecule has 0 fully saturated rings. The van der Waals surface area contributed by atoms with Gasteiger partial charge in [-0.3, -0.25) is 10.1 Å². The molecule has 5 nitrogen and oxygen atoms in total. The Morgan fingerprint density at radius 1 is 1.04 bits per heavy atom. The Labute approximate surface area is 151 Å². The van der Waals surface area contributed by atoms with Crippen molar-refractivity contribution in [2.75, 3.05) is 0 Å². The van der Waals surface area contributed by atoms with Gasteiger partial charge in [-0.1, -0.05) is 68.4 Å². The summed E-state index contributed by atoms with van der Waals surface area (Å²) < 4.78 is 0. The van der Waals surface area contributed by atoms with E-state index >= 15 is 0 Å². The minimum absolute atomic E-state index is 0.0528. The van der Waals surface area contributed by atoms with E-state index in [0.717, 1.165) is 6.42 Å². The molecule has 0 heterocycles. The number of aliphatic carboxylic acids is 1. The standard InChI is InChI=1S/C20H32O5/c1-2-3-4-5-6-9-13-18(21)14-10-7-8-11-15-19(25-24)16-12-17-20(22)23/h6-11,14-15,18-19,21,24H,2-5,12-13,16-17H2,1H3,(H,22,23)/b8-7-,9-6-,14-10+,15-11+/t18-,19+/m0/s1. The molecule has 0 unspecified atom stereocenters. The maximum absolute atomic E-state index is 10.4. The summed E-state index contributed by atoms with van der Waals surface area (Å²) in [6.07, 6.45) is 19.7. The molecule has 0 saturated heterocycles. The third-order valence-corrected chi connectivity index (χ3v) is 3.53. The van der Waals surface area contributed by atoms with Gasteiger partial charge in [-0.25, -0.2) is 4.89 Å². The van der Waals surface area contributed by atoms with E-state index in [4.69, 9.17) is 10.4 Å². The molecular weight excluding hydrogens is 320 g/mol. The molecule has 0 aromatic heterocycles. The fraction of sp³-hybridized carbons (Fsp3) is 0.550. The average Bonchev–Trinajstić information content (AvgIpc) is 2.59. The van der Waals surface area contributed by atoms with Gasteiger partial charge in [0.15, 0.2) is 0 Å². The van der Waals surface area contributed by atoms with Gasteiger partial charge in [0.25, 0.3) is 0 Å². The summed E-state index contributed by atoms with van der Waals surface area (Å²) in [6.45, 7) is 2.18. The highest BCUT2D eigenvalue weighted by molar-refractivity contribution is 5.66. The van der Waals surface area contributed by atoms with Crippen molar-refractivity contribution in [3.8, 4) is 0 Å². The lowest BCUT2D eigenvalue weighted by Crippen LogP contribution is -2.08. The zero-order valence-electron chi connectivity index (χ0n) is 15.1. The molecule has 0 aromatic carbocycles. The number of hydrogen-bond acceptors (Lipinski definition) is 4. The van der Waals surface area contributed by atoms with Crippen LogP contribution in [0.3, 0.4) is 0 Å². The highest BCUT2D eigenvalue weighted by Gasteiger charge is 2.05. The van der Waals surface area contributed by atoms with Crippen LogP contribution in [0.1, 0.15) is 58.3 Å². The number of rotatable bonds is 15. The Morgan fingerprint density at radius 3 is 2.40 bits per heavy atom. The molecule has 0 aromatic rings. The van der Waals surface area contributed by atoms with E-state index in [1.165, 1.54) is 19.3 Å². The van der Waals surface area contributed by atoms with E-state index in [2.05, 4.69) is 17.9 Å². The Bertz CT molecular complexity index is 437. The second-order valence-electron chi connectivity index (χ2n) is 5.85. The van der Waals surface area contributed by atoms with Crippen molar-refractivity contribution < 1.29 is 25.2 Å². The Hall–Kier alpha value is -1.69. The van der Waals surface area contributed by atoms with E-state index in [0.29, 0.717) is 19.3 Å². The van der Waals surface area contributed by atoms with E-state index in [1.807, 2.05) is 6.08 Å². The second-order valence-corrected chi connectivity index (χ2v) is 5.85. The van der Waals surface area contributed by atoms with Gasteiger partial charge in [0.1, 0.15) is 6.10 Å². The Morgan fingerprint density at radius 2 is 1.76 bits per heavy atom. The van der Waals surface area contributed by atoms with Gasteiger partial charge >= 0.3 is 5.97 Å². The summed E-state index contributed by atoms with van der Waals surface area (Å²) in [5.41, 5.74) is 0. The third-order valence-electron chi connectivity index (χ3n) is 3.53. The Kier molecular flexibility index (Phi) is 16.0. The molecule has 0 aliphatic rings. The van der Waals surface area contributed by atoms with Crippen LogP contribution in [0.4, 0.5) is 0 Å². The highest BCUT2D eigenvalue weighted by Crippen LogP contribution is 2.06. The van der Waals surface area contributed by atoms with E-state index in [-0.39, 0.29) is 6.42 Å². The van der Waals surface area contributed by atoms with Crippen LogP contribution in [0, 0.1) is 0 Å². The SMILES string of the molecule is CCCCC/C=C\C[C@H](O)/C=C/C=C\C=C\[C@H](CCCC(=O)O)OO. The lowest BCUT2D eigenvalue weighted by atomic mass is 10.1. The topological polar surface area (TPSA) is 87.0 Å². The maximum Gasteiger partial charge on any atom is 0.303 e. The first-order chi connectivity index (χ1) is 12.1. The summed E-state index contributed by atoms with van der Waals surface area (Å²) in [4.78, 5) is 14.7. The van der Waals surface area contributed by atoms with Crippen molar-refractivity contribution in [1.29, 1.82) is 0 Å².